The van der Waals surface area contributed by atoms with Crippen LogP contribution in [0.4, 0.5) is 0 Å². The van der Waals surface area contributed by atoms with Gasteiger partial charge in [0.25, 0.3) is 0 Å². The largest absolute Gasteiger partial charge is 0.255 e. The van der Waals surface area contributed by atoms with Crippen LogP contribution in [0, 0.1) is 5.92 Å². The van der Waals surface area contributed by atoms with E-state index in [1.165, 1.54) is 38.8 Å². The van der Waals surface area contributed by atoms with E-state index >= 15 is 0 Å². The molecule has 1 N–H and O–H groups in total. The van der Waals surface area contributed by atoms with Crippen molar-refractivity contribution in [1.29, 1.82) is 0 Å². The predicted molar refractivity (Wildman–Crippen MR) is 52.9 cm³/mol. The first-order chi connectivity index (χ1) is 5.83. The van der Waals surface area contributed by atoms with Gasteiger partial charge in [-0.15, -0.1) is 0 Å². The standard InChI is InChI=1S/C10H22N2/c1-3-10(2)9-11-12-7-5-4-6-8-12/h10-11H,3-9H2,1-2H3. The fourth-order valence-electron chi connectivity index (χ4n) is 1.48. The van der Waals surface area contributed by atoms with Crippen LogP contribution in [0.25, 0.3) is 0 Å². The minimum Gasteiger partial charge on any atom is -0.255 e. The molecule has 0 aliphatic carbocycles. The lowest BCUT2D eigenvalue weighted by atomic mass is 10.1. The second kappa shape index (κ2) is 5.55. The zero-order chi connectivity index (χ0) is 8.81. The van der Waals surface area contributed by atoms with Crippen molar-refractivity contribution < 1.29 is 0 Å². The molecule has 2 nitrogen and oxygen atoms in total. The van der Waals surface area contributed by atoms with Gasteiger partial charge in [0, 0.05) is 19.6 Å². The second-order valence-electron chi connectivity index (χ2n) is 3.92. The Hall–Kier alpha value is -0.0800. The molecule has 1 fully saturated rings. The van der Waals surface area contributed by atoms with Gasteiger partial charge in [0.05, 0.1) is 0 Å². The third-order valence-electron chi connectivity index (χ3n) is 2.72. The van der Waals surface area contributed by atoms with Crippen molar-refractivity contribution in [2.24, 2.45) is 5.92 Å². The summed E-state index contributed by atoms with van der Waals surface area (Å²) in [4.78, 5) is 0. The highest BCUT2D eigenvalue weighted by molar-refractivity contribution is 4.61. The van der Waals surface area contributed by atoms with E-state index in [1.54, 1.807) is 0 Å². The molecule has 1 heterocycles. The van der Waals surface area contributed by atoms with Crippen LogP contribution in [-0.2, 0) is 0 Å². The van der Waals surface area contributed by atoms with Crippen LogP contribution in [0.15, 0.2) is 0 Å². The average Bonchev–Trinajstić information content (AvgIpc) is 2.16. The van der Waals surface area contributed by atoms with Crippen LogP contribution >= 0.6 is 0 Å². The van der Waals surface area contributed by atoms with Gasteiger partial charge in [-0.05, 0) is 18.8 Å². The summed E-state index contributed by atoms with van der Waals surface area (Å²) >= 11 is 0. The van der Waals surface area contributed by atoms with Gasteiger partial charge in [-0.3, -0.25) is 5.43 Å². The first-order valence-electron chi connectivity index (χ1n) is 5.31. The highest BCUT2D eigenvalue weighted by Gasteiger charge is 2.09. The van der Waals surface area contributed by atoms with E-state index in [2.05, 4.69) is 24.3 Å². The highest BCUT2D eigenvalue weighted by atomic mass is 15.5. The Labute approximate surface area is 76.3 Å². The van der Waals surface area contributed by atoms with Gasteiger partial charge in [-0.1, -0.05) is 26.7 Å². The summed E-state index contributed by atoms with van der Waals surface area (Å²) in [5.74, 6) is 0.812. The summed E-state index contributed by atoms with van der Waals surface area (Å²) in [6.45, 7) is 8.20. The lowest BCUT2D eigenvalue weighted by molar-refractivity contribution is 0.144. The third kappa shape index (κ3) is 3.55. The van der Waals surface area contributed by atoms with Crippen molar-refractivity contribution in [2.75, 3.05) is 19.6 Å². The smallest absolute Gasteiger partial charge is 0.0131 e. The van der Waals surface area contributed by atoms with Crippen molar-refractivity contribution in [3.05, 3.63) is 0 Å². The topological polar surface area (TPSA) is 15.3 Å². The molecule has 0 spiro atoms. The Kier molecular flexibility index (Phi) is 4.62. The van der Waals surface area contributed by atoms with Crippen LogP contribution in [0.5, 0.6) is 0 Å². The van der Waals surface area contributed by atoms with E-state index in [9.17, 15) is 0 Å². The monoisotopic (exact) mass is 170 g/mol. The molecule has 0 amide bonds. The van der Waals surface area contributed by atoms with Gasteiger partial charge in [-0.2, -0.15) is 0 Å². The molecule has 0 bridgehead atoms. The molecule has 0 radical (unpaired) electrons. The van der Waals surface area contributed by atoms with E-state index in [4.69, 9.17) is 0 Å². The molecule has 1 unspecified atom stereocenters. The molecule has 1 aliphatic rings. The van der Waals surface area contributed by atoms with Crippen LogP contribution in [0.1, 0.15) is 39.5 Å². The molecule has 1 rings (SSSR count). The van der Waals surface area contributed by atoms with Gasteiger partial charge >= 0.3 is 0 Å². The minimum absolute atomic E-state index is 0.812. The molecule has 0 aromatic rings. The number of hydrogen-bond donors (Lipinski definition) is 1. The van der Waals surface area contributed by atoms with Crippen molar-refractivity contribution in [1.82, 2.24) is 10.4 Å². The molecule has 0 saturated carbocycles. The van der Waals surface area contributed by atoms with Gasteiger partial charge in [0.15, 0.2) is 0 Å². The van der Waals surface area contributed by atoms with E-state index in [1.807, 2.05) is 0 Å². The molecule has 1 atom stereocenters. The van der Waals surface area contributed by atoms with Gasteiger partial charge in [-0.25, -0.2) is 5.01 Å². The summed E-state index contributed by atoms with van der Waals surface area (Å²) in [5, 5.41) is 2.38. The summed E-state index contributed by atoms with van der Waals surface area (Å²) in [7, 11) is 0. The first-order valence-corrected chi connectivity index (χ1v) is 5.31. The van der Waals surface area contributed by atoms with Gasteiger partial charge in [0.2, 0.25) is 0 Å². The van der Waals surface area contributed by atoms with Crippen LogP contribution in [0.2, 0.25) is 0 Å². The fraction of sp³-hybridized carbons (Fsp3) is 1.00. The molecule has 0 aromatic heterocycles. The predicted octanol–water partition coefficient (Wildman–Crippen LogP) is 2.02. The zero-order valence-corrected chi connectivity index (χ0v) is 8.47. The molecule has 72 valence electrons. The van der Waals surface area contributed by atoms with E-state index < -0.39 is 0 Å². The van der Waals surface area contributed by atoms with Crippen molar-refractivity contribution in [3.8, 4) is 0 Å². The number of rotatable bonds is 4. The number of hydrazine groups is 1. The Morgan fingerprint density at radius 3 is 2.50 bits per heavy atom. The second-order valence-corrected chi connectivity index (χ2v) is 3.92. The molecular formula is C10H22N2. The maximum atomic E-state index is 3.51. The van der Waals surface area contributed by atoms with Crippen molar-refractivity contribution >= 4 is 0 Å². The Morgan fingerprint density at radius 2 is 1.92 bits per heavy atom. The summed E-state index contributed by atoms with van der Waals surface area (Å²) in [5.41, 5.74) is 3.51. The minimum atomic E-state index is 0.812. The molecular weight excluding hydrogens is 148 g/mol. The number of hydrogen-bond acceptors (Lipinski definition) is 2. The van der Waals surface area contributed by atoms with Crippen molar-refractivity contribution in [2.45, 2.75) is 39.5 Å². The maximum Gasteiger partial charge on any atom is 0.0131 e. The normalized spacial score (nSPS) is 22.5. The quantitative estimate of drug-likeness (QED) is 0.694. The number of nitrogens with zero attached hydrogens (tertiary/aromatic N) is 1. The SMILES string of the molecule is CCC(C)CNN1CCCCC1. The van der Waals surface area contributed by atoms with Crippen LogP contribution in [0.3, 0.4) is 0 Å². The third-order valence-corrected chi connectivity index (χ3v) is 2.72. The lowest BCUT2D eigenvalue weighted by Gasteiger charge is -2.28. The van der Waals surface area contributed by atoms with E-state index in [-0.39, 0.29) is 0 Å². The molecule has 2 heteroatoms. The Morgan fingerprint density at radius 1 is 1.25 bits per heavy atom. The lowest BCUT2D eigenvalue weighted by Crippen LogP contribution is -2.43. The number of piperidine rings is 1. The van der Waals surface area contributed by atoms with Gasteiger partial charge < -0.3 is 0 Å². The maximum absolute atomic E-state index is 3.51. The molecule has 12 heavy (non-hydrogen) atoms. The van der Waals surface area contributed by atoms with Gasteiger partial charge in [0.1, 0.15) is 0 Å². The fourth-order valence-corrected chi connectivity index (χ4v) is 1.48. The van der Waals surface area contributed by atoms with E-state index in [0.717, 1.165) is 12.5 Å². The zero-order valence-electron chi connectivity index (χ0n) is 8.47. The summed E-state index contributed by atoms with van der Waals surface area (Å²) < 4.78 is 0. The van der Waals surface area contributed by atoms with Crippen LogP contribution < -0.4 is 5.43 Å². The number of nitrogens with one attached hydrogen (secondary N) is 1. The summed E-state index contributed by atoms with van der Waals surface area (Å²) in [6, 6.07) is 0. The van der Waals surface area contributed by atoms with Crippen LogP contribution in [-0.4, -0.2) is 24.6 Å². The Balaban J connectivity index is 2.05. The molecule has 0 aromatic carbocycles. The molecule has 1 saturated heterocycles. The summed E-state index contributed by atoms with van der Waals surface area (Å²) in [6.07, 6.45) is 5.43. The van der Waals surface area contributed by atoms with Crippen molar-refractivity contribution in [3.63, 3.8) is 0 Å². The first kappa shape index (κ1) is 10.0. The van der Waals surface area contributed by atoms with E-state index in [0.29, 0.717) is 0 Å². The highest BCUT2D eigenvalue weighted by Crippen LogP contribution is 2.06. The molecule has 1 aliphatic heterocycles. The average molecular weight is 170 g/mol. The Bertz CT molecular complexity index is 108.